The number of aliphatic hydroxyl groups is 3. The number of esters is 1. The number of allylic oxidation sites excluding steroid dienone is 1. The molecule has 1 heterocycles. The van der Waals surface area contributed by atoms with Crippen LogP contribution in [0.2, 0.25) is 0 Å². The van der Waals surface area contributed by atoms with Crippen LogP contribution in [0.15, 0.2) is 46.2 Å². The summed E-state index contributed by atoms with van der Waals surface area (Å²) in [5.74, 6) is -9.41. The molecule has 17 nitrogen and oxygen atoms in total. The number of nitrogens with one attached hydrogen (secondary N) is 1. The maximum atomic E-state index is 14.3. The minimum absolute atomic E-state index is 0.0392. The zero-order chi connectivity index (χ0) is 39.8. The third kappa shape index (κ3) is 6.99. The van der Waals surface area contributed by atoms with Gasteiger partial charge in [-0.1, -0.05) is 19.4 Å². The fourth-order valence-electron chi connectivity index (χ4n) is 7.43. The Morgan fingerprint density at radius 3 is 2.39 bits per heavy atom. The maximum Gasteiger partial charge on any atom is 0.413 e. The minimum atomic E-state index is -2.81. The summed E-state index contributed by atoms with van der Waals surface area (Å²) in [6.45, 7) is 0.750. The zero-order valence-electron chi connectivity index (χ0n) is 30.4. The number of hydrogen-bond acceptors (Lipinski definition) is 15. The predicted molar refractivity (Wildman–Crippen MR) is 194 cm³/mol. The zero-order valence-corrected chi connectivity index (χ0v) is 31.2. The smallest absolute Gasteiger partial charge is 0.413 e. The summed E-state index contributed by atoms with van der Waals surface area (Å²) in [4.78, 5) is 83.1. The monoisotopic (exact) mass is 769 g/mol. The summed E-state index contributed by atoms with van der Waals surface area (Å²) >= 11 is 1.15. The number of primary amides is 1. The van der Waals surface area contributed by atoms with E-state index in [1.54, 1.807) is 50.6 Å². The van der Waals surface area contributed by atoms with Crippen LogP contribution < -0.4 is 16.0 Å². The Morgan fingerprint density at radius 1 is 1.09 bits per heavy atom. The Balaban J connectivity index is 1.45. The number of aromatic hydroxyl groups is 1. The van der Waals surface area contributed by atoms with Crippen molar-refractivity contribution in [2.75, 3.05) is 58.3 Å². The van der Waals surface area contributed by atoms with Crippen LogP contribution in [-0.4, -0.2) is 125 Å². The summed E-state index contributed by atoms with van der Waals surface area (Å²) in [6.07, 6.45) is 0.185. The van der Waals surface area contributed by atoms with E-state index < -0.39 is 95.1 Å². The molecule has 54 heavy (non-hydrogen) atoms. The summed E-state index contributed by atoms with van der Waals surface area (Å²) < 4.78 is 10.1. The lowest BCUT2D eigenvalue weighted by Crippen LogP contribution is -2.63. The number of phenolic OH excluding ortho intramolecular Hbond substituents is 1. The first-order chi connectivity index (χ1) is 25.4. The number of phenols is 1. The molecule has 3 aliphatic rings. The highest BCUT2D eigenvalue weighted by molar-refractivity contribution is 7.11. The number of amides is 3. The van der Waals surface area contributed by atoms with E-state index in [0.717, 1.165) is 16.2 Å². The second-order valence-electron chi connectivity index (χ2n) is 13.8. The van der Waals surface area contributed by atoms with Crippen molar-refractivity contribution >= 4 is 58.2 Å². The Morgan fingerprint density at radius 2 is 1.80 bits per heavy atom. The number of carbonyl (C=O) groups is 6. The molecule has 0 radical (unpaired) electrons. The molecule has 2 unspecified atom stereocenters. The molecule has 18 heteroatoms. The van der Waals surface area contributed by atoms with Gasteiger partial charge in [0.2, 0.25) is 18.5 Å². The second kappa shape index (κ2) is 15.5. The number of anilines is 2. The summed E-state index contributed by atoms with van der Waals surface area (Å²) in [5, 5.41) is 50.3. The first kappa shape index (κ1) is 39.7. The van der Waals surface area contributed by atoms with E-state index in [4.69, 9.17) is 15.2 Å². The number of carbonyl (C=O) groups excluding carboxylic acids is 6. The number of unbranched alkanes of at least 4 members (excludes halogenated alkanes) is 1. The molecule has 0 saturated heterocycles. The van der Waals surface area contributed by atoms with Crippen molar-refractivity contribution in [1.29, 1.82) is 0 Å². The Labute approximate surface area is 314 Å². The number of aliphatic hydroxyl groups excluding tert-OH is 2. The highest BCUT2D eigenvalue weighted by Crippen LogP contribution is 2.54. The number of hydrogen-bond donors (Lipinski definition) is 6. The number of ether oxygens (including phenoxy) is 2. The van der Waals surface area contributed by atoms with Crippen molar-refractivity contribution in [2.45, 2.75) is 44.2 Å². The number of rotatable bonds is 12. The number of thiophene rings is 1. The van der Waals surface area contributed by atoms with Gasteiger partial charge in [-0.3, -0.25) is 29.0 Å². The van der Waals surface area contributed by atoms with Gasteiger partial charge in [-0.2, -0.15) is 0 Å². The molecule has 0 fully saturated rings. The summed E-state index contributed by atoms with van der Waals surface area (Å²) in [7, 11) is 6.44. The number of Topliss-reactive ketones (excluding diaryl/α,β-unsaturated/α-hetero) is 2. The third-order valence-electron chi connectivity index (χ3n) is 9.92. The van der Waals surface area contributed by atoms with Crippen molar-refractivity contribution in [1.82, 2.24) is 9.80 Å². The van der Waals surface area contributed by atoms with E-state index in [0.29, 0.717) is 29.0 Å². The molecular formula is C36H43N5O12S. The van der Waals surface area contributed by atoms with Gasteiger partial charge in [0.25, 0.3) is 5.91 Å². The van der Waals surface area contributed by atoms with Crippen LogP contribution in [0.5, 0.6) is 5.75 Å². The van der Waals surface area contributed by atoms with E-state index >= 15 is 0 Å². The largest absolute Gasteiger partial charge is 0.510 e. The Hall–Kier alpha value is -5.46. The number of ketones is 2. The summed E-state index contributed by atoms with van der Waals surface area (Å²) in [5.41, 5.74) is 1.60. The van der Waals surface area contributed by atoms with Crippen LogP contribution in [0.25, 0.3) is 0 Å². The standard InChI is InChI=1S/C36H43N5O12S/c1-6-7-10-41(35(50)53-16-52-34(49)22-9-8-11-54-22)15-23(42)38-20-14-21(39(2)3)18-12-17-13-19-27(40(4)5)30(45)26(33(37)48)32(47)36(19,51)31(46)24(17)29(44)25(18)28(20)43/h8-9,11,14,17,19,27,43,45-46,51H,6-7,10,12-13,15-16H2,1-5H3,(H2,37,48)(H,38,42)/t17?,19?,27-,36-/m0/s1. The van der Waals surface area contributed by atoms with Gasteiger partial charge in [-0.05, 0) is 62.4 Å². The normalized spacial score (nSPS) is 21.9. The van der Waals surface area contributed by atoms with Crippen LogP contribution in [0, 0.1) is 11.8 Å². The third-order valence-corrected chi connectivity index (χ3v) is 10.8. The maximum absolute atomic E-state index is 14.3. The van der Waals surface area contributed by atoms with Crippen LogP contribution in [0.4, 0.5) is 16.2 Å². The fourth-order valence-corrected chi connectivity index (χ4v) is 8.05. The highest BCUT2D eigenvalue weighted by atomic mass is 32.1. The molecule has 7 N–H and O–H groups in total. The lowest BCUT2D eigenvalue weighted by molar-refractivity contribution is -0.148. The van der Waals surface area contributed by atoms with Crippen molar-refractivity contribution in [2.24, 2.45) is 17.6 Å². The molecule has 2 aromatic rings. The molecular weight excluding hydrogens is 726 g/mol. The van der Waals surface area contributed by atoms with Crippen LogP contribution in [0.3, 0.4) is 0 Å². The molecule has 1 aromatic heterocycles. The van der Waals surface area contributed by atoms with Gasteiger partial charge in [0.15, 0.2) is 17.1 Å². The van der Waals surface area contributed by atoms with E-state index in [1.165, 1.54) is 11.0 Å². The van der Waals surface area contributed by atoms with Crippen molar-refractivity contribution in [3.8, 4) is 5.75 Å². The summed E-state index contributed by atoms with van der Waals surface area (Å²) in [6, 6.07) is 3.53. The number of nitrogens with two attached hydrogens (primary N) is 1. The number of likely N-dealkylation sites (N-methyl/N-ethyl adjacent to an activating group) is 1. The molecule has 1 aromatic carbocycles. The van der Waals surface area contributed by atoms with E-state index in [1.807, 2.05) is 6.92 Å². The molecule has 0 spiro atoms. The van der Waals surface area contributed by atoms with Gasteiger partial charge < -0.3 is 45.9 Å². The Bertz CT molecular complexity index is 1960. The molecule has 4 atom stereocenters. The van der Waals surface area contributed by atoms with E-state index in [9.17, 15) is 49.2 Å². The van der Waals surface area contributed by atoms with Crippen molar-refractivity contribution < 1.29 is 58.7 Å². The van der Waals surface area contributed by atoms with Crippen LogP contribution in [-0.2, 0) is 30.3 Å². The fraction of sp³-hybridized carbons (Fsp3) is 0.444. The van der Waals surface area contributed by atoms with Gasteiger partial charge in [0.05, 0.1) is 17.3 Å². The van der Waals surface area contributed by atoms with Crippen LogP contribution >= 0.6 is 11.3 Å². The van der Waals surface area contributed by atoms with Crippen LogP contribution in [0.1, 0.15) is 51.8 Å². The quantitative estimate of drug-likeness (QED) is 0.0785. The van der Waals surface area contributed by atoms with Gasteiger partial charge in [-0.15, -0.1) is 11.3 Å². The molecule has 0 bridgehead atoms. The van der Waals surface area contributed by atoms with Crippen molar-refractivity contribution in [3.05, 3.63) is 62.2 Å². The van der Waals surface area contributed by atoms with E-state index in [-0.39, 0.29) is 36.2 Å². The molecule has 290 valence electrons. The lowest BCUT2D eigenvalue weighted by Gasteiger charge is -2.50. The average Bonchev–Trinajstić information content (AvgIpc) is 3.64. The number of fused-ring (bicyclic) bond motifs is 3. The highest BCUT2D eigenvalue weighted by Gasteiger charge is 2.63. The number of nitrogens with zero attached hydrogens (tertiary/aromatic N) is 3. The molecule has 0 saturated carbocycles. The topological polar surface area (TPSA) is 250 Å². The van der Waals surface area contributed by atoms with Gasteiger partial charge in [0.1, 0.15) is 28.5 Å². The lowest BCUT2D eigenvalue weighted by atomic mass is 9.58. The average molecular weight is 770 g/mol. The molecule has 3 amide bonds. The minimum Gasteiger partial charge on any atom is -0.510 e. The van der Waals surface area contributed by atoms with Gasteiger partial charge in [-0.25, -0.2) is 9.59 Å². The van der Waals surface area contributed by atoms with Gasteiger partial charge in [0, 0.05) is 37.8 Å². The molecule has 5 rings (SSSR count). The SMILES string of the molecule is CCCCN(CC(=O)Nc1cc(N(C)C)c2c(c1O)C(=O)C1=C(O)[C@]3(O)C(=O)C(C(N)=O)=C(O)[C@@H](N(C)C)C3CC1C2)C(=O)OCOC(=O)c1cccs1. The molecule has 3 aliphatic carbocycles. The first-order valence-electron chi connectivity index (χ1n) is 17.1. The number of benzene rings is 1. The second-order valence-corrected chi connectivity index (χ2v) is 14.7. The first-order valence-corrected chi connectivity index (χ1v) is 18.0. The van der Waals surface area contributed by atoms with E-state index in [2.05, 4.69) is 5.32 Å². The van der Waals surface area contributed by atoms with Crippen molar-refractivity contribution in [3.63, 3.8) is 0 Å². The Kier molecular flexibility index (Phi) is 11.4. The predicted octanol–water partition coefficient (Wildman–Crippen LogP) is 2.24. The molecule has 0 aliphatic heterocycles. The van der Waals surface area contributed by atoms with Gasteiger partial charge >= 0.3 is 12.1 Å².